The van der Waals surface area contributed by atoms with Gasteiger partial charge in [0.2, 0.25) is 0 Å². The zero-order valence-corrected chi connectivity index (χ0v) is 61.8. The molecule has 19 heteroatoms. The Labute approximate surface area is 562 Å². The number of rotatable bonds is 71. The summed E-state index contributed by atoms with van der Waals surface area (Å²) in [6.45, 7) is 11.9. The van der Waals surface area contributed by atoms with E-state index in [2.05, 4.69) is 48.5 Å². The van der Waals surface area contributed by atoms with Crippen LogP contribution in [0.2, 0.25) is 0 Å². The van der Waals surface area contributed by atoms with Gasteiger partial charge in [0.25, 0.3) is 0 Å². The van der Waals surface area contributed by atoms with E-state index >= 15 is 0 Å². The van der Waals surface area contributed by atoms with Gasteiger partial charge in [-0.2, -0.15) is 0 Å². The van der Waals surface area contributed by atoms with E-state index in [-0.39, 0.29) is 25.7 Å². The summed E-state index contributed by atoms with van der Waals surface area (Å²) in [4.78, 5) is 72.7. The highest BCUT2D eigenvalue weighted by atomic mass is 31.2. The summed E-state index contributed by atoms with van der Waals surface area (Å²) in [5, 5.41) is 10.6. The number of phosphoric ester groups is 2. The molecule has 0 aromatic heterocycles. The molecule has 0 bridgehead atoms. The van der Waals surface area contributed by atoms with Crippen molar-refractivity contribution < 1.29 is 80.2 Å². The molecule has 0 aromatic rings. The minimum atomic E-state index is -4.95. The van der Waals surface area contributed by atoms with Crippen LogP contribution in [-0.2, 0) is 65.4 Å². The second-order valence-corrected chi connectivity index (χ2v) is 30.4. The molecule has 92 heavy (non-hydrogen) atoms. The molecule has 3 N–H and O–H groups in total. The molecule has 0 fully saturated rings. The second kappa shape index (κ2) is 63.8. The number of aliphatic hydroxyl groups excluding tert-OH is 1. The summed E-state index contributed by atoms with van der Waals surface area (Å²) in [6.07, 6.45) is 48.5. The molecule has 0 saturated carbocycles. The van der Waals surface area contributed by atoms with Gasteiger partial charge in [0, 0.05) is 25.7 Å². The average Bonchev–Trinajstić information content (AvgIpc) is 2.75. The van der Waals surface area contributed by atoms with Crippen LogP contribution in [0, 0.1) is 17.8 Å². The number of unbranched alkanes of at least 4 members (excludes halogenated alkanes) is 38. The largest absolute Gasteiger partial charge is 0.472 e. The number of esters is 4. The molecule has 0 rings (SSSR count). The third kappa shape index (κ3) is 65.4. The molecule has 17 nitrogen and oxygen atoms in total. The van der Waals surface area contributed by atoms with Crippen molar-refractivity contribution in [1.29, 1.82) is 0 Å². The highest BCUT2D eigenvalue weighted by Gasteiger charge is 2.30. The van der Waals surface area contributed by atoms with Crippen LogP contribution >= 0.6 is 15.6 Å². The van der Waals surface area contributed by atoms with Crippen LogP contribution < -0.4 is 0 Å². The summed E-state index contributed by atoms with van der Waals surface area (Å²) in [5.41, 5.74) is 0. The standard InChI is InChI=1S/C73H142O17P2/c1-8-10-11-12-13-14-15-17-21-24-33-40-47-54-70(75)83-60-68(89-72(77)56-49-42-35-25-22-19-16-18-20-23-30-37-44-51-64(3)4)62-87-91(79,80)85-58-67(74)59-86-92(81,82)88-63-69(61-84-71(76)55-48-41-34-28-26-31-38-45-52-65(5)6)90-73(78)57-50-43-36-29-27-32-39-46-53-66(7)9-2/h64-69,74H,8-63H2,1-7H3,(H,79,80)(H,81,82)/t66?,67-,68-,69-/m1/s1. The first kappa shape index (κ1) is 90.1. The van der Waals surface area contributed by atoms with E-state index in [1.54, 1.807) is 0 Å². The lowest BCUT2D eigenvalue weighted by Gasteiger charge is -2.21. The Bertz CT molecular complexity index is 1800. The Balaban J connectivity index is 5.26. The monoisotopic (exact) mass is 1350 g/mol. The van der Waals surface area contributed by atoms with Gasteiger partial charge in [0.1, 0.15) is 19.3 Å². The smallest absolute Gasteiger partial charge is 0.462 e. The first-order chi connectivity index (χ1) is 44.3. The van der Waals surface area contributed by atoms with Crippen LogP contribution in [0.15, 0.2) is 0 Å². The summed E-state index contributed by atoms with van der Waals surface area (Å²) >= 11 is 0. The summed E-state index contributed by atoms with van der Waals surface area (Å²) in [7, 11) is -9.91. The minimum Gasteiger partial charge on any atom is -0.462 e. The maximum atomic E-state index is 13.1. The number of phosphoric acid groups is 2. The van der Waals surface area contributed by atoms with Gasteiger partial charge < -0.3 is 33.8 Å². The topological polar surface area (TPSA) is 237 Å². The van der Waals surface area contributed by atoms with Gasteiger partial charge in [0.15, 0.2) is 12.2 Å². The first-order valence-corrected chi connectivity index (χ1v) is 40.9. The Morgan fingerprint density at radius 1 is 0.315 bits per heavy atom. The highest BCUT2D eigenvalue weighted by molar-refractivity contribution is 7.47. The average molecular weight is 1350 g/mol. The predicted octanol–water partition coefficient (Wildman–Crippen LogP) is 21.0. The van der Waals surface area contributed by atoms with Crippen molar-refractivity contribution in [2.45, 2.75) is 388 Å². The molecule has 0 aromatic carbocycles. The number of hydrogen-bond acceptors (Lipinski definition) is 15. The third-order valence-electron chi connectivity index (χ3n) is 17.2. The van der Waals surface area contributed by atoms with Gasteiger partial charge in [-0.1, -0.05) is 318 Å². The summed E-state index contributed by atoms with van der Waals surface area (Å²) in [6, 6.07) is 0. The minimum absolute atomic E-state index is 0.104. The summed E-state index contributed by atoms with van der Waals surface area (Å²) < 4.78 is 68.4. The number of hydrogen-bond donors (Lipinski definition) is 3. The fourth-order valence-corrected chi connectivity index (χ4v) is 12.6. The molecule has 3 unspecified atom stereocenters. The molecule has 546 valence electrons. The van der Waals surface area contributed by atoms with Gasteiger partial charge in [-0.15, -0.1) is 0 Å². The highest BCUT2D eigenvalue weighted by Crippen LogP contribution is 2.45. The van der Waals surface area contributed by atoms with Crippen LogP contribution in [0.4, 0.5) is 0 Å². The van der Waals surface area contributed by atoms with Crippen molar-refractivity contribution >= 4 is 39.5 Å². The predicted molar refractivity (Wildman–Crippen MR) is 372 cm³/mol. The van der Waals surface area contributed by atoms with E-state index in [0.717, 1.165) is 108 Å². The molecule has 0 aliphatic carbocycles. The van der Waals surface area contributed by atoms with Crippen molar-refractivity contribution in [1.82, 2.24) is 0 Å². The van der Waals surface area contributed by atoms with Gasteiger partial charge in [0.05, 0.1) is 26.4 Å². The lowest BCUT2D eigenvalue weighted by Crippen LogP contribution is -2.30. The van der Waals surface area contributed by atoms with Crippen LogP contribution in [0.5, 0.6) is 0 Å². The van der Waals surface area contributed by atoms with Crippen molar-refractivity contribution in [3.05, 3.63) is 0 Å². The first-order valence-electron chi connectivity index (χ1n) is 37.9. The van der Waals surface area contributed by atoms with E-state index in [4.69, 9.17) is 37.0 Å². The molecule has 0 aliphatic rings. The molecule has 0 saturated heterocycles. The van der Waals surface area contributed by atoms with Crippen LogP contribution in [0.3, 0.4) is 0 Å². The normalized spacial score (nSPS) is 14.4. The Morgan fingerprint density at radius 3 is 0.826 bits per heavy atom. The van der Waals surface area contributed by atoms with Crippen molar-refractivity contribution in [3.8, 4) is 0 Å². The maximum Gasteiger partial charge on any atom is 0.472 e. The molecule has 0 spiro atoms. The Kier molecular flexibility index (Phi) is 62.4. The Morgan fingerprint density at radius 2 is 0.554 bits per heavy atom. The number of carbonyl (C=O) groups excluding carboxylic acids is 4. The zero-order chi connectivity index (χ0) is 68.0. The van der Waals surface area contributed by atoms with E-state index in [9.17, 15) is 43.2 Å². The molecule has 0 radical (unpaired) electrons. The quantitative estimate of drug-likeness (QED) is 0.0222. The molecule has 0 heterocycles. The van der Waals surface area contributed by atoms with Crippen LogP contribution in [0.1, 0.15) is 370 Å². The third-order valence-corrected chi connectivity index (χ3v) is 19.1. The molecular weight excluding hydrogens is 1210 g/mol. The number of carbonyl (C=O) groups is 4. The van der Waals surface area contributed by atoms with Crippen molar-refractivity contribution in [2.75, 3.05) is 39.6 Å². The lowest BCUT2D eigenvalue weighted by atomic mass is 9.99. The van der Waals surface area contributed by atoms with E-state index < -0.39 is 97.5 Å². The van der Waals surface area contributed by atoms with Crippen molar-refractivity contribution in [2.24, 2.45) is 17.8 Å². The Hall–Kier alpha value is -1.94. The number of ether oxygens (including phenoxy) is 4. The molecule has 0 aliphatic heterocycles. The van der Waals surface area contributed by atoms with Crippen LogP contribution in [-0.4, -0.2) is 96.7 Å². The molecular formula is C73H142O17P2. The fraction of sp³-hybridized carbons (Fsp3) is 0.945. The van der Waals surface area contributed by atoms with Gasteiger partial charge in [-0.05, 0) is 43.4 Å². The fourth-order valence-electron chi connectivity index (χ4n) is 11.0. The number of aliphatic hydroxyl groups is 1. The van der Waals surface area contributed by atoms with Gasteiger partial charge in [-0.3, -0.25) is 37.3 Å². The SMILES string of the molecule is CCCCCCCCCCCCCCCC(=O)OC[C@H](COP(=O)(O)OC[C@@H](O)COP(=O)(O)OC[C@@H](COC(=O)CCCCCCCCCCC(C)C)OC(=O)CCCCCCCCCCC(C)CC)OC(=O)CCCCCCCCCCCCCCCC(C)C. The zero-order valence-electron chi connectivity index (χ0n) is 60.0. The van der Waals surface area contributed by atoms with E-state index in [1.165, 1.54) is 180 Å². The van der Waals surface area contributed by atoms with Gasteiger partial charge >= 0.3 is 39.5 Å². The maximum absolute atomic E-state index is 13.1. The van der Waals surface area contributed by atoms with Crippen molar-refractivity contribution in [3.63, 3.8) is 0 Å². The van der Waals surface area contributed by atoms with E-state index in [0.29, 0.717) is 25.7 Å². The summed E-state index contributed by atoms with van der Waals surface area (Å²) in [5.74, 6) is 0.160. The molecule has 0 amide bonds. The molecule has 6 atom stereocenters. The van der Waals surface area contributed by atoms with E-state index in [1.807, 2.05) is 0 Å². The van der Waals surface area contributed by atoms with Gasteiger partial charge in [-0.25, -0.2) is 9.13 Å². The second-order valence-electron chi connectivity index (χ2n) is 27.5. The van der Waals surface area contributed by atoms with Crippen LogP contribution in [0.25, 0.3) is 0 Å². The lowest BCUT2D eigenvalue weighted by molar-refractivity contribution is -0.161.